The van der Waals surface area contributed by atoms with Crippen LogP contribution in [0.4, 0.5) is 0 Å². The van der Waals surface area contributed by atoms with Gasteiger partial charge in [-0.15, -0.1) is 0 Å². The fraction of sp³-hybridized carbons (Fsp3) is 0.150. The molecule has 0 bridgehead atoms. The molecule has 27 heavy (non-hydrogen) atoms. The Bertz CT molecular complexity index is 1150. The number of halogens is 1. The fourth-order valence-corrected chi connectivity index (χ4v) is 2.93. The lowest BCUT2D eigenvalue weighted by Gasteiger charge is -2.07. The van der Waals surface area contributed by atoms with Crippen molar-refractivity contribution in [2.75, 3.05) is 0 Å². The van der Waals surface area contributed by atoms with Crippen molar-refractivity contribution in [3.8, 4) is 29.0 Å². The van der Waals surface area contributed by atoms with Gasteiger partial charge in [0.25, 0.3) is 5.71 Å². The summed E-state index contributed by atoms with van der Waals surface area (Å²) in [6, 6.07) is 9.15. The zero-order valence-electron chi connectivity index (χ0n) is 14.9. The molecule has 7 heteroatoms. The number of fused-ring (bicyclic) bond motifs is 1. The molecule has 2 heterocycles. The molecule has 2 aromatic heterocycles. The molecule has 0 saturated heterocycles. The lowest BCUT2D eigenvalue weighted by molar-refractivity contribution is 0.437. The largest absolute Gasteiger partial charge is 0.507 e. The predicted octanol–water partition coefficient (Wildman–Crippen LogP) is 5.36. The third-order valence-corrected chi connectivity index (χ3v) is 4.70. The van der Waals surface area contributed by atoms with Gasteiger partial charge in [0.2, 0.25) is 5.89 Å². The molecule has 136 valence electrons. The number of aryl methyl sites for hydroxylation is 2. The molecule has 0 saturated carbocycles. The number of aromatic hydroxyl groups is 1. The zero-order chi connectivity index (χ0) is 19.1. The molecule has 4 aromatic rings. The minimum atomic E-state index is 0.147. The Balaban J connectivity index is 1.71. The van der Waals surface area contributed by atoms with Crippen molar-refractivity contribution in [3.63, 3.8) is 0 Å². The summed E-state index contributed by atoms with van der Waals surface area (Å²) in [5.41, 5.74) is 3.89. The molecule has 0 fully saturated rings. The van der Waals surface area contributed by atoms with Gasteiger partial charge in [-0.3, -0.25) is 0 Å². The molecule has 0 aliphatic carbocycles. The van der Waals surface area contributed by atoms with Crippen molar-refractivity contribution in [1.29, 1.82) is 0 Å². The molecule has 0 spiro atoms. The zero-order valence-corrected chi connectivity index (χ0v) is 15.7. The number of hydrogen-bond acceptors (Lipinski definition) is 6. The smallest absolute Gasteiger partial charge is 0.325 e. The highest BCUT2D eigenvalue weighted by atomic mass is 35.5. The predicted molar refractivity (Wildman–Crippen MR) is 102 cm³/mol. The Morgan fingerprint density at radius 1 is 1.07 bits per heavy atom. The highest BCUT2D eigenvalue weighted by Crippen LogP contribution is 2.31. The van der Waals surface area contributed by atoms with Crippen molar-refractivity contribution in [2.45, 2.75) is 20.8 Å². The second-order valence-electron chi connectivity index (χ2n) is 6.29. The van der Waals surface area contributed by atoms with E-state index in [1.54, 1.807) is 24.4 Å². The number of aromatic nitrogens is 3. The summed E-state index contributed by atoms with van der Waals surface area (Å²) in [5.74, 6) is 1.25. The van der Waals surface area contributed by atoms with Gasteiger partial charge in [-0.25, -0.2) is 9.97 Å². The second-order valence-corrected chi connectivity index (χ2v) is 6.69. The first-order chi connectivity index (χ1) is 12.9. The summed E-state index contributed by atoms with van der Waals surface area (Å²) in [6.07, 6.45) is 1.55. The molecule has 0 aliphatic rings. The van der Waals surface area contributed by atoms with E-state index in [2.05, 4.69) is 15.0 Å². The van der Waals surface area contributed by atoms with Gasteiger partial charge in [0.05, 0.1) is 6.20 Å². The summed E-state index contributed by atoms with van der Waals surface area (Å²) in [7, 11) is 0. The second kappa shape index (κ2) is 6.55. The first-order valence-electron chi connectivity index (χ1n) is 8.29. The van der Waals surface area contributed by atoms with E-state index in [0.29, 0.717) is 27.9 Å². The van der Waals surface area contributed by atoms with Crippen LogP contribution in [0.5, 0.6) is 17.5 Å². The van der Waals surface area contributed by atoms with Gasteiger partial charge in [-0.2, -0.15) is 4.98 Å². The molecular formula is C20H16ClN3O3. The molecule has 6 nitrogen and oxygen atoms in total. The molecule has 1 N–H and O–H groups in total. The number of phenols is 1. The third-order valence-electron chi connectivity index (χ3n) is 4.29. The Labute approximate surface area is 160 Å². The maximum absolute atomic E-state index is 9.94. The monoisotopic (exact) mass is 381 g/mol. The summed E-state index contributed by atoms with van der Waals surface area (Å²) in [6.45, 7) is 5.51. The minimum absolute atomic E-state index is 0.147. The van der Waals surface area contributed by atoms with Crippen molar-refractivity contribution >= 4 is 22.8 Å². The van der Waals surface area contributed by atoms with Crippen LogP contribution in [-0.2, 0) is 0 Å². The number of hydrogen-bond donors (Lipinski definition) is 1. The van der Waals surface area contributed by atoms with E-state index in [1.807, 2.05) is 32.9 Å². The SMILES string of the molecule is Cc1cc(-c2nc3cnc(Oc4cccc(Cl)c4C)nc3o2)cc(C)c1O. The summed E-state index contributed by atoms with van der Waals surface area (Å²) in [5, 5.41) is 10.5. The molecule has 0 atom stereocenters. The van der Waals surface area contributed by atoms with E-state index < -0.39 is 0 Å². The Kier molecular flexibility index (Phi) is 4.20. The van der Waals surface area contributed by atoms with Crippen molar-refractivity contribution in [3.05, 3.63) is 58.2 Å². The van der Waals surface area contributed by atoms with Crippen LogP contribution in [0.15, 0.2) is 40.9 Å². The van der Waals surface area contributed by atoms with E-state index in [9.17, 15) is 5.11 Å². The van der Waals surface area contributed by atoms with E-state index in [-0.39, 0.29) is 11.8 Å². The summed E-state index contributed by atoms with van der Waals surface area (Å²) >= 11 is 6.12. The van der Waals surface area contributed by atoms with Crippen LogP contribution in [0.1, 0.15) is 16.7 Å². The molecule has 0 radical (unpaired) electrons. The molecule has 4 rings (SSSR count). The lowest BCUT2D eigenvalue weighted by Crippen LogP contribution is -1.93. The van der Waals surface area contributed by atoms with E-state index in [4.69, 9.17) is 20.8 Å². The number of rotatable bonds is 3. The fourth-order valence-electron chi connectivity index (χ4n) is 2.77. The van der Waals surface area contributed by atoms with Gasteiger partial charge in [0.15, 0.2) is 0 Å². The Morgan fingerprint density at radius 3 is 2.56 bits per heavy atom. The van der Waals surface area contributed by atoms with E-state index in [1.165, 1.54) is 0 Å². The maximum atomic E-state index is 9.94. The first-order valence-corrected chi connectivity index (χ1v) is 8.67. The standard InChI is InChI=1S/C20H16ClN3O3/c1-10-7-13(8-11(2)17(10)25)18-23-15-9-22-20(24-19(15)27-18)26-16-6-4-5-14(21)12(16)3/h4-9,25H,1-3H3. The van der Waals surface area contributed by atoms with Crippen LogP contribution in [0.25, 0.3) is 22.7 Å². The lowest BCUT2D eigenvalue weighted by atomic mass is 10.1. The molecule has 2 aromatic carbocycles. The third kappa shape index (κ3) is 3.19. The quantitative estimate of drug-likeness (QED) is 0.514. The minimum Gasteiger partial charge on any atom is -0.507 e. The maximum Gasteiger partial charge on any atom is 0.325 e. The number of benzene rings is 2. The molecular weight excluding hydrogens is 366 g/mol. The number of oxazole rings is 1. The molecule has 0 aliphatic heterocycles. The highest BCUT2D eigenvalue weighted by Gasteiger charge is 2.14. The molecule has 0 amide bonds. The average molecular weight is 382 g/mol. The van der Waals surface area contributed by atoms with Crippen LogP contribution < -0.4 is 4.74 Å². The number of ether oxygens (including phenoxy) is 1. The summed E-state index contributed by atoms with van der Waals surface area (Å²) < 4.78 is 11.5. The van der Waals surface area contributed by atoms with Crippen LogP contribution in [0.2, 0.25) is 5.02 Å². The van der Waals surface area contributed by atoms with Crippen LogP contribution in [0.3, 0.4) is 0 Å². The van der Waals surface area contributed by atoms with Gasteiger partial charge in [-0.05, 0) is 56.2 Å². The normalized spacial score (nSPS) is 11.1. The van der Waals surface area contributed by atoms with Gasteiger partial charge in [0.1, 0.15) is 17.0 Å². The van der Waals surface area contributed by atoms with Crippen LogP contribution in [0, 0.1) is 20.8 Å². The van der Waals surface area contributed by atoms with E-state index >= 15 is 0 Å². The van der Waals surface area contributed by atoms with Crippen LogP contribution in [-0.4, -0.2) is 20.1 Å². The first kappa shape index (κ1) is 17.3. The van der Waals surface area contributed by atoms with Gasteiger partial charge >= 0.3 is 6.01 Å². The van der Waals surface area contributed by atoms with Gasteiger partial charge in [-0.1, -0.05) is 17.7 Å². The van der Waals surface area contributed by atoms with Crippen LogP contribution >= 0.6 is 11.6 Å². The Morgan fingerprint density at radius 2 is 1.81 bits per heavy atom. The van der Waals surface area contributed by atoms with E-state index in [0.717, 1.165) is 22.3 Å². The number of nitrogens with zero attached hydrogens (tertiary/aromatic N) is 3. The molecule has 0 unspecified atom stereocenters. The van der Waals surface area contributed by atoms with Crippen molar-refractivity contribution in [1.82, 2.24) is 15.0 Å². The Hall–Kier alpha value is -3.12. The van der Waals surface area contributed by atoms with Crippen molar-refractivity contribution in [2.24, 2.45) is 0 Å². The van der Waals surface area contributed by atoms with Gasteiger partial charge in [0, 0.05) is 16.1 Å². The highest BCUT2D eigenvalue weighted by molar-refractivity contribution is 6.31. The van der Waals surface area contributed by atoms with Crippen molar-refractivity contribution < 1.29 is 14.3 Å². The number of phenolic OH excluding ortho intramolecular Hbond substituents is 1. The summed E-state index contributed by atoms with van der Waals surface area (Å²) in [4.78, 5) is 12.9. The average Bonchev–Trinajstić information content (AvgIpc) is 3.06. The topological polar surface area (TPSA) is 81.3 Å². The van der Waals surface area contributed by atoms with Gasteiger partial charge < -0.3 is 14.3 Å².